The van der Waals surface area contributed by atoms with E-state index in [2.05, 4.69) is 4.98 Å². The zero-order chi connectivity index (χ0) is 23.1. The van der Waals surface area contributed by atoms with Crippen LogP contribution in [0.15, 0.2) is 59.6 Å². The van der Waals surface area contributed by atoms with Crippen molar-refractivity contribution in [1.82, 2.24) is 4.98 Å². The molecule has 0 unspecified atom stereocenters. The van der Waals surface area contributed by atoms with Gasteiger partial charge in [-0.3, -0.25) is 0 Å². The van der Waals surface area contributed by atoms with Crippen molar-refractivity contribution in [2.45, 2.75) is 36.7 Å². The first-order valence-electron chi connectivity index (χ1n) is 9.95. The summed E-state index contributed by atoms with van der Waals surface area (Å²) in [5, 5.41) is 9.33. The van der Waals surface area contributed by atoms with Gasteiger partial charge in [0.2, 0.25) is 0 Å². The lowest BCUT2D eigenvalue weighted by Crippen LogP contribution is -2.10. The highest BCUT2D eigenvalue weighted by molar-refractivity contribution is 7.98. The van der Waals surface area contributed by atoms with Crippen LogP contribution in [0, 0.1) is 17.1 Å². The molecule has 0 saturated carbocycles. The van der Waals surface area contributed by atoms with E-state index < -0.39 is 23.1 Å². The molecule has 0 aliphatic rings. The number of ether oxygens (including phenoxy) is 1. The van der Waals surface area contributed by atoms with E-state index in [0.29, 0.717) is 23.5 Å². The topological polar surface area (TPSA) is 45.9 Å². The molecule has 0 bridgehead atoms. The zero-order valence-electron chi connectivity index (χ0n) is 17.2. The second-order valence-corrected chi connectivity index (χ2v) is 7.92. The molecule has 2 aromatic carbocycles. The Bertz CT molecular complexity index is 1110. The second kappa shape index (κ2) is 10.5. The van der Waals surface area contributed by atoms with Gasteiger partial charge in [0.15, 0.2) is 0 Å². The predicted molar refractivity (Wildman–Crippen MR) is 116 cm³/mol. The maximum absolute atomic E-state index is 13.9. The van der Waals surface area contributed by atoms with E-state index >= 15 is 0 Å². The monoisotopic (exact) mass is 460 g/mol. The van der Waals surface area contributed by atoms with Gasteiger partial charge in [0.25, 0.3) is 0 Å². The predicted octanol–water partition coefficient (Wildman–Crippen LogP) is 7.25. The molecule has 1 heterocycles. The summed E-state index contributed by atoms with van der Waals surface area (Å²) >= 11 is 0.896. The van der Waals surface area contributed by atoms with Crippen molar-refractivity contribution in [3.63, 3.8) is 0 Å². The Hall–Kier alpha value is -3.05. The number of aromatic nitrogens is 1. The molecule has 32 heavy (non-hydrogen) atoms. The highest BCUT2D eigenvalue weighted by Crippen LogP contribution is 2.39. The molecular formula is C24H20F4N2OS. The van der Waals surface area contributed by atoms with Crippen LogP contribution in [0.1, 0.15) is 36.5 Å². The molecule has 0 spiro atoms. The summed E-state index contributed by atoms with van der Waals surface area (Å²) in [6, 6.07) is 15.1. The lowest BCUT2D eigenvalue weighted by Gasteiger charge is -2.15. The number of halogens is 4. The van der Waals surface area contributed by atoms with Crippen molar-refractivity contribution in [3.8, 4) is 23.1 Å². The van der Waals surface area contributed by atoms with E-state index in [9.17, 15) is 22.8 Å². The van der Waals surface area contributed by atoms with Crippen molar-refractivity contribution in [2.75, 3.05) is 6.61 Å². The third-order valence-corrected chi connectivity index (χ3v) is 5.67. The molecule has 0 fully saturated rings. The van der Waals surface area contributed by atoms with Crippen LogP contribution in [0.2, 0.25) is 0 Å². The molecule has 0 aliphatic carbocycles. The number of pyridine rings is 1. The van der Waals surface area contributed by atoms with Crippen LogP contribution >= 0.6 is 11.8 Å². The molecule has 3 aromatic rings. The van der Waals surface area contributed by atoms with Crippen LogP contribution in [-0.2, 0) is 11.9 Å². The van der Waals surface area contributed by atoms with Gasteiger partial charge in [0.05, 0.1) is 23.4 Å². The van der Waals surface area contributed by atoms with Gasteiger partial charge in [-0.1, -0.05) is 31.5 Å². The molecule has 0 radical (unpaired) electrons. The van der Waals surface area contributed by atoms with Crippen molar-refractivity contribution in [2.24, 2.45) is 0 Å². The largest absolute Gasteiger partial charge is 0.494 e. The van der Waals surface area contributed by atoms with Gasteiger partial charge in [-0.25, -0.2) is 9.37 Å². The minimum absolute atomic E-state index is 0.0410. The van der Waals surface area contributed by atoms with Gasteiger partial charge in [-0.15, -0.1) is 11.8 Å². The highest BCUT2D eigenvalue weighted by Gasteiger charge is 2.36. The number of unbranched alkanes of at least 4 members (excludes halogenated alkanes) is 1. The Balaban J connectivity index is 1.97. The van der Waals surface area contributed by atoms with Gasteiger partial charge in [0, 0.05) is 11.3 Å². The fraction of sp³-hybridized carbons (Fsp3) is 0.250. The van der Waals surface area contributed by atoms with Crippen molar-refractivity contribution in [3.05, 3.63) is 77.1 Å². The molecule has 0 aliphatic heterocycles. The first kappa shape index (κ1) is 23.6. The quantitative estimate of drug-likeness (QED) is 0.202. The molecule has 1 aromatic heterocycles. The molecule has 0 amide bonds. The maximum Gasteiger partial charge on any atom is 0.417 e. The summed E-state index contributed by atoms with van der Waals surface area (Å²) in [6.07, 6.45) is -2.85. The number of hydrogen-bond donors (Lipinski definition) is 0. The normalized spacial score (nSPS) is 11.2. The number of thioether (sulfide) groups is 1. The molecule has 3 rings (SSSR count). The third-order valence-electron chi connectivity index (χ3n) is 4.64. The van der Waals surface area contributed by atoms with Crippen molar-refractivity contribution in [1.29, 1.82) is 5.26 Å². The molecule has 0 N–H and O–H groups in total. The number of alkyl halides is 3. The Kier molecular flexibility index (Phi) is 7.75. The fourth-order valence-electron chi connectivity index (χ4n) is 2.92. The second-order valence-electron chi connectivity index (χ2n) is 6.95. The number of nitriles is 1. The highest BCUT2D eigenvalue weighted by atomic mass is 32.2. The number of nitrogens with zero attached hydrogens (tertiary/aromatic N) is 2. The van der Waals surface area contributed by atoms with Crippen LogP contribution in [0.3, 0.4) is 0 Å². The summed E-state index contributed by atoms with van der Waals surface area (Å²) < 4.78 is 60.7. The summed E-state index contributed by atoms with van der Waals surface area (Å²) in [5.41, 5.74) is -0.787. The van der Waals surface area contributed by atoms with E-state index in [1.807, 2.05) is 6.92 Å². The van der Waals surface area contributed by atoms with E-state index in [1.165, 1.54) is 12.1 Å². The van der Waals surface area contributed by atoms with E-state index in [4.69, 9.17) is 4.74 Å². The minimum atomic E-state index is -4.74. The number of rotatable bonds is 8. The molecule has 0 atom stereocenters. The van der Waals surface area contributed by atoms with Gasteiger partial charge in [0.1, 0.15) is 22.7 Å². The van der Waals surface area contributed by atoms with Crippen LogP contribution in [0.25, 0.3) is 11.3 Å². The van der Waals surface area contributed by atoms with Gasteiger partial charge >= 0.3 is 6.18 Å². The van der Waals surface area contributed by atoms with Gasteiger partial charge < -0.3 is 4.74 Å². The van der Waals surface area contributed by atoms with Crippen LogP contribution in [-0.4, -0.2) is 11.6 Å². The Morgan fingerprint density at radius 3 is 2.44 bits per heavy atom. The van der Waals surface area contributed by atoms with E-state index in [-0.39, 0.29) is 16.5 Å². The SMILES string of the molecule is CCCCOc1ccc(-c2cc(C(F)(F)F)c(C#N)c(SCc3ccccc3F)n2)cc1. The maximum atomic E-state index is 13.9. The van der Waals surface area contributed by atoms with Gasteiger partial charge in [-0.2, -0.15) is 18.4 Å². The van der Waals surface area contributed by atoms with Gasteiger partial charge in [-0.05, 0) is 48.4 Å². The first-order valence-corrected chi connectivity index (χ1v) is 10.9. The summed E-state index contributed by atoms with van der Waals surface area (Å²) in [5.74, 6) is 0.185. The molecule has 166 valence electrons. The zero-order valence-corrected chi connectivity index (χ0v) is 18.1. The first-order chi connectivity index (χ1) is 15.3. The standard InChI is InChI=1S/C24H20F4N2OS/c1-2-3-12-31-18-10-8-16(9-11-18)22-13-20(24(26,27)28)19(14-29)23(30-22)32-15-17-6-4-5-7-21(17)25/h4-11,13H,2-3,12,15H2,1H3. The summed E-state index contributed by atoms with van der Waals surface area (Å²) in [7, 11) is 0. The van der Waals surface area contributed by atoms with Crippen LogP contribution < -0.4 is 4.74 Å². The average Bonchev–Trinajstić information content (AvgIpc) is 2.78. The summed E-state index contributed by atoms with van der Waals surface area (Å²) in [6.45, 7) is 2.60. The molecule has 8 heteroatoms. The number of hydrogen-bond acceptors (Lipinski definition) is 4. The Morgan fingerprint density at radius 1 is 1.09 bits per heavy atom. The Morgan fingerprint density at radius 2 is 1.81 bits per heavy atom. The van der Waals surface area contributed by atoms with Crippen LogP contribution in [0.4, 0.5) is 17.6 Å². The minimum Gasteiger partial charge on any atom is -0.494 e. The van der Waals surface area contributed by atoms with E-state index in [0.717, 1.165) is 30.7 Å². The summed E-state index contributed by atoms with van der Waals surface area (Å²) in [4.78, 5) is 4.31. The van der Waals surface area contributed by atoms with Crippen LogP contribution in [0.5, 0.6) is 5.75 Å². The van der Waals surface area contributed by atoms with Crippen molar-refractivity contribution < 1.29 is 22.3 Å². The fourth-order valence-corrected chi connectivity index (χ4v) is 3.91. The Labute approximate surface area is 188 Å². The van der Waals surface area contributed by atoms with E-state index in [1.54, 1.807) is 42.5 Å². The lowest BCUT2D eigenvalue weighted by molar-refractivity contribution is -0.138. The molecule has 3 nitrogen and oxygen atoms in total. The smallest absolute Gasteiger partial charge is 0.417 e. The average molecular weight is 460 g/mol. The third kappa shape index (κ3) is 5.80. The lowest BCUT2D eigenvalue weighted by atomic mass is 10.1. The molecular weight excluding hydrogens is 440 g/mol. The molecule has 0 saturated heterocycles. The number of benzene rings is 2. The van der Waals surface area contributed by atoms with Crippen molar-refractivity contribution >= 4 is 11.8 Å².